The van der Waals surface area contributed by atoms with Gasteiger partial charge in [0.25, 0.3) is 0 Å². The lowest BCUT2D eigenvalue weighted by Gasteiger charge is -2.12. The average molecular weight is 347 g/mol. The summed E-state index contributed by atoms with van der Waals surface area (Å²) in [4.78, 5) is 11.5. The molecule has 1 aromatic carbocycles. The number of benzene rings is 1. The summed E-state index contributed by atoms with van der Waals surface area (Å²) in [5.74, 6) is 2.32. The third-order valence-corrected chi connectivity index (χ3v) is 4.54. The molecule has 0 saturated carbocycles. The van der Waals surface area contributed by atoms with E-state index in [1.807, 2.05) is 13.0 Å². The predicted molar refractivity (Wildman–Crippen MR) is 97.9 cm³/mol. The second-order valence-corrected chi connectivity index (χ2v) is 7.18. The molecule has 0 atom stereocenters. The molecule has 0 aliphatic rings. The topological polar surface area (TPSA) is 59.8 Å². The standard InChI is InChI=1S/C18H26N4OS/c1-4-17(23)19-12-16-20-21-18(22(16)13-14(2)3)24-11-10-15-8-6-5-7-9-15/h5-9,14H,4,10-13H2,1-3H3,(H,19,23). The van der Waals surface area contributed by atoms with Crippen molar-refractivity contribution in [3.63, 3.8) is 0 Å². The van der Waals surface area contributed by atoms with Crippen molar-refractivity contribution in [2.45, 2.75) is 51.9 Å². The number of nitrogens with one attached hydrogen (secondary N) is 1. The van der Waals surface area contributed by atoms with E-state index in [9.17, 15) is 4.79 Å². The molecule has 0 unspecified atom stereocenters. The van der Waals surface area contributed by atoms with E-state index in [2.05, 4.69) is 58.2 Å². The number of carbonyl (C=O) groups excluding carboxylic acids is 1. The Morgan fingerprint density at radius 1 is 1.25 bits per heavy atom. The van der Waals surface area contributed by atoms with Gasteiger partial charge in [-0.1, -0.05) is 62.9 Å². The zero-order valence-corrected chi connectivity index (χ0v) is 15.5. The molecule has 0 radical (unpaired) electrons. The number of aromatic nitrogens is 3. The van der Waals surface area contributed by atoms with Crippen LogP contribution >= 0.6 is 11.8 Å². The van der Waals surface area contributed by atoms with Gasteiger partial charge in [-0.05, 0) is 17.9 Å². The molecule has 130 valence electrons. The zero-order valence-electron chi connectivity index (χ0n) is 14.7. The van der Waals surface area contributed by atoms with Crippen LogP contribution < -0.4 is 5.32 Å². The van der Waals surface area contributed by atoms with Crippen LogP contribution in [0, 0.1) is 5.92 Å². The Balaban J connectivity index is 1.99. The van der Waals surface area contributed by atoms with Crippen molar-refractivity contribution in [3.8, 4) is 0 Å². The summed E-state index contributed by atoms with van der Waals surface area (Å²) in [5.41, 5.74) is 1.33. The molecular formula is C18H26N4OS. The van der Waals surface area contributed by atoms with E-state index in [0.29, 0.717) is 18.9 Å². The summed E-state index contributed by atoms with van der Waals surface area (Å²) >= 11 is 1.72. The second-order valence-electron chi connectivity index (χ2n) is 6.12. The van der Waals surface area contributed by atoms with Gasteiger partial charge in [-0.2, -0.15) is 0 Å². The molecule has 0 spiro atoms. The molecule has 0 fully saturated rings. The van der Waals surface area contributed by atoms with Gasteiger partial charge in [-0.3, -0.25) is 4.79 Å². The summed E-state index contributed by atoms with van der Waals surface area (Å²) in [7, 11) is 0. The van der Waals surface area contributed by atoms with Gasteiger partial charge in [0.1, 0.15) is 0 Å². The molecule has 0 saturated heterocycles. The van der Waals surface area contributed by atoms with E-state index in [4.69, 9.17) is 0 Å². The maximum absolute atomic E-state index is 11.5. The number of hydrogen-bond acceptors (Lipinski definition) is 4. The van der Waals surface area contributed by atoms with Crippen LogP contribution in [0.15, 0.2) is 35.5 Å². The van der Waals surface area contributed by atoms with Gasteiger partial charge in [0, 0.05) is 18.7 Å². The van der Waals surface area contributed by atoms with E-state index in [1.165, 1.54) is 5.56 Å². The van der Waals surface area contributed by atoms with Crippen LogP contribution in [0.3, 0.4) is 0 Å². The summed E-state index contributed by atoms with van der Waals surface area (Å²) in [6, 6.07) is 10.5. The summed E-state index contributed by atoms with van der Waals surface area (Å²) in [6.07, 6.45) is 1.49. The largest absolute Gasteiger partial charge is 0.349 e. The van der Waals surface area contributed by atoms with Crippen LogP contribution in [0.4, 0.5) is 0 Å². The van der Waals surface area contributed by atoms with Gasteiger partial charge in [0.15, 0.2) is 11.0 Å². The number of amides is 1. The average Bonchev–Trinajstić information content (AvgIpc) is 2.95. The maximum Gasteiger partial charge on any atom is 0.220 e. The minimum atomic E-state index is 0.0346. The lowest BCUT2D eigenvalue weighted by atomic mass is 10.2. The molecule has 0 bridgehead atoms. The second kappa shape index (κ2) is 9.47. The van der Waals surface area contributed by atoms with E-state index >= 15 is 0 Å². The van der Waals surface area contributed by atoms with Gasteiger partial charge < -0.3 is 9.88 Å². The van der Waals surface area contributed by atoms with E-state index in [0.717, 1.165) is 29.7 Å². The zero-order chi connectivity index (χ0) is 17.4. The first-order valence-electron chi connectivity index (χ1n) is 8.45. The van der Waals surface area contributed by atoms with Crippen molar-refractivity contribution < 1.29 is 4.79 Å². The fourth-order valence-corrected chi connectivity index (χ4v) is 3.27. The first-order chi connectivity index (χ1) is 11.6. The van der Waals surface area contributed by atoms with Crippen molar-refractivity contribution in [2.24, 2.45) is 5.92 Å². The predicted octanol–water partition coefficient (Wildman–Crippen LogP) is 3.30. The Labute approximate surface area is 148 Å². The lowest BCUT2D eigenvalue weighted by molar-refractivity contribution is -0.120. The number of hydrogen-bond donors (Lipinski definition) is 1. The highest BCUT2D eigenvalue weighted by atomic mass is 32.2. The monoisotopic (exact) mass is 346 g/mol. The number of nitrogens with zero attached hydrogens (tertiary/aromatic N) is 3. The summed E-state index contributed by atoms with van der Waals surface area (Å²) < 4.78 is 2.14. The molecule has 1 amide bonds. The van der Waals surface area contributed by atoms with Crippen LogP contribution in [-0.4, -0.2) is 26.4 Å². The number of rotatable bonds is 9. The van der Waals surface area contributed by atoms with Gasteiger partial charge in [-0.15, -0.1) is 10.2 Å². The van der Waals surface area contributed by atoms with Crippen LogP contribution in [0.1, 0.15) is 38.6 Å². The van der Waals surface area contributed by atoms with E-state index < -0.39 is 0 Å². The first kappa shape index (κ1) is 18.5. The minimum absolute atomic E-state index is 0.0346. The minimum Gasteiger partial charge on any atom is -0.349 e. The number of aryl methyl sites for hydroxylation is 1. The van der Waals surface area contributed by atoms with Crippen LogP contribution in [0.5, 0.6) is 0 Å². The molecule has 6 heteroatoms. The fraction of sp³-hybridized carbons (Fsp3) is 0.500. The quantitative estimate of drug-likeness (QED) is 0.708. The van der Waals surface area contributed by atoms with Crippen molar-refractivity contribution in [1.29, 1.82) is 0 Å². The van der Waals surface area contributed by atoms with Gasteiger partial charge in [-0.25, -0.2) is 0 Å². The Morgan fingerprint density at radius 3 is 2.67 bits per heavy atom. The van der Waals surface area contributed by atoms with Crippen molar-refractivity contribution in [3.05, 3.63) is 41.7 Å². The van der Waals surface area contributed by atoms with Crippen LogP contribution in [0.2, 0.25) is 0 Å². The summed E-state index contributed by atoms with van der Waals surface area (Å²) in [6.45, 7) is 7.49. The smallest absolute Gasteiger partial charge is 0.220 e. The first-order valence-corrected chi connectivity index (χ1v) is 9.44. The van der Waals surface area contributed by atoms with Crippen molar-refractivity contribution >= 4 is 17.7 Å². The van der Waals surface area contributed by atoms with Crippen LogP contribution in [-0.2, 0) is 24.3 Å². The Kier molecular flexibility index (Phi) is 7.31. The molecule has 1 aromatic heterocycles. The number of carbonyl (C=O) groups is 1. The Bertz CT molecular complexity index is 640. The van der Waals surface area contributed by atoms with Crippen LogP contribution in [0.25, 0.3) is 0 Å². The maximum atomic E-state index is 11.5. The van der Waals surface area contributed by atoms with Gasteiger partial charge in [0.2, 0.25) is 5.91 Å². The van der Waals surface area contributed by atoms with E-state index in [1.54, 1.807) is 11.8 Å². The third-order valence-electron chi connectivity index (χ3n) is 3.57. The molecule has 24 heavy (non-hydrogen) atoms. The molecule has 1 heterocycles. The van der Waals surface area contributed by atoms with E-state index in [-0.39, 0.29) is 5.91 Å². The molecule has 2 aromatic rings. The third kappa shape index (κ3) is 5.67. The van der Waals surface area contributed by atoms with Gasteiger partial charge >= 0.3 is 0 Å². The molecular weight excluding hydrogens is 320 g/mol. The molecule has 5 nitrogen and oxygen atoms in total. The molecule has 1 N–H and O–H groups in total. The SMILES string of the molecule is CCC(=O)NCc1nnc(SCCc2ccccc2)n1CC(C)C. The molecule has 2 rings (SSSR count). The van der Waals surface area contributed by atoms with Crippen molar-refractivity contribution in [2.75, 3.05) is 5.75 Å². The number of thioether (sulfide) groups is 1. The van der Waals surface area contributed by atoms with Gasteiger partial charge in [0.05, 0.1) is 6.54 Å². The highest BCUT2D eigenvalue weighted by molar-refractivity contribution is 7.99. The lowest BCUT2D eigenvalue weighted by Crippen LogP contribution is -2.24. The Hall–Kier alpha value is -1.82. The normalized spacial score (nSPS) is 11.0. The highest BCUT2D eigenvalue weighted by Crippen LogP contribution is 2.20. The fourth-order valence-electron chi connectivity index (χ4n) is 2.31. The molecule has 0 aliphatic carbocycles. The molecule has 0 aliphatic heterocycles. The Morgan fingerprint density at radius 2 is 2.00 bits per heavy atom. The summed E-state index contributed by atoms with van der Waals surface area (Å²) in [5, 5.41) is 12.4. The highest BCUT2D eigenvalue weighted by Gasteiger charge is 2.14. The van der Waals surface area contributed by atoms with Crippen molar-refractivity contribution in [1.82, 2.24) is 20.1 Å².